The fourth-order valence-corrected chi connectivity index (χ4v) is 5.52. The zero-order valence-corrected chi connectivity index (χ0v) is 20.0. The van der Waals surface area contributed by atoms with Crippen molar-refractivity contribution in [2.45, 2.75) is 31.7 Å². The van der Waals surface area contributed by atoms with Gasteiger partial charge in [0.2, 0.25) is 4.99 Å². The quantitative estimate of drug-likeness (QED) is 0.435. The van der Waals surface area contributed by atoms with Crippen molar-refractivity contribution >= 4 is 51.3 Å². The van der Waals surface area contributed by atoms with Crippen LogP contribution in [0, 0.1) is 6.92 Å². The summed E-state index contributed by atoms with van der Waals surface area (Å²) in [7, 11) is 0. The summed E-state index contributed by atoms with van der Waals surface area (Å²) in [5.41, 5.74) is 5.01. The summed E-state index contributed by atoms with van der Waals surface area (Å²) >= 11 is 7.59. The van der Waals surface area contributed by atoms with Gasteiger partial charge in [-0.05, 0) is 72.6 Å². The Balaban J connectivity index is 1.67. The van der Waals surface area contributed by atoms with Gasteiger partial charge in [0, 0.05) is 18.4 Å². The third-order valence-corrected chi connectivity index (χ3v) is 7.44. The van der Waals surface area contributed by atoms with E-state index in [4.69, 9.17) is 21.8 Å². The summed E-state index contributed by atoms with van der Waals surface area (Å²) in [5.74, 6) is -0.0463. The fourth-order valence-electron chi connectivity index (χ4n) is 4.15. The van der Waals surface area contributed by atoms with E-state index in [0.29, 0.717) is 10.1 Å². The molecule has 3 aromatic rings. The number of carbonyl (C=O) groups excluding carboxylic acids is 1. The van der Waals surface area contributed by atoms with E-state index in [2.05, 4.69) is 19.1 Å². The number of hydrogen-bond donors (Lipinski definition) is 0. The van der Waals surface area contributed by atoms with Gasteiger partial charge in [0.05, 0.1) is 17.1 Å². The Morgan fingerprint density at radius 1 is 0.939 bits per heavy atom. The van der Waals surface area contributed by atoms with Gasteiger partial charge in [-0.2, -0.15) is 10.2 Å². The minimum Gasteiger partial charge on any atom is -0.292 e. The second kappa shape index (κ2) is 8.69. The molecule has 0 saturated carbocycles. The summed E-state index contributed by atoms with van der Waals surface area (Å²) in [6.45, 7) is 3.62. The topological polar surface area (TPSA) is 48.3 Å². The van der Waals surface area contributed by atoms with E-state index in [9.17, 15) is 4.79 Å². The van der Waals surface area contributed by atoms with Gasteiger partial charge in [-0.1, -0.05) is 54.1 Å². The van der Waals surface area contributed by atoms with Crippen LogP contribution in [0.1, 0.15) is 30.9 Å². The van der Waals surface area contributed by atoms with Gasteiger partial charge in [-0.15, -0.1) is 0 Å². The molecule has 0 aliphatic carbocycles. The zero-order chi connectivity index (χ0) is 23.0. The minimum atomic E-state index is -0.688. The first-order valence-corrected chi connectivity index (χ1v) is 12.0. The van der Waals surface area contributed by atoms with Crippen LogP contribution in [-0.2, 0) is 4.79 Å². The van der Waals surface area contributed by atoms with Gasteiger partial charge < -0.3 is 0 Å². The van der Waals surface area contributed by atoms with Crippen molar-refractivity contribution in [2.24, 2.45) is 10.2 Å². The Morgan fingerprint density at radius 2 is 1.64 bits per heavy atom. The molecule has 5 nitrogen and oxygen atoms in total. The molecule has 0 N–H and O–H groups in total. The Hall–Kier alpha value is -3.09. The van der Waals surface area contributed by atoms with Gasteiger partial charge in [-0.3, -0.25) is 4.79 Å². The predicted octanol–water partition coefficient (Wildman–Crippen LogP) is 6.46. The van der Waals surface area contributed by atoms with Gasteiger partial charge in [0.15, 0.2) is 10.8 Å². The number of benzene rings is 3. The Morgan fingerprint density at radius 3 is 2.33 bits per heavy atom. The number of Topliss-reactive ketones (excluding diaryl/α,β-unsaturated/α-hetero) is 1. The number of halogens is 1. The first-order chi connectivity index (χ1) is 16.0. The second-order valence-electron chi connectivity index (χ2n) is 8.16. The van der Waals surface area contributed by atoms with Crippen molar-refractivity contribution in [3.63, 3.8) is 0 Å². The normalized spacial score (nSPS) is 20.1. The van der Waals surface area contributed by atoms with E-state index in [1.54, 1.807) is 6.92 Å². The maximum absolute atomic E-state index is 12.4. The van der Waals surface area contributed by atoms with Crippen molar-refractivity contribution in [1.82, 2.24) is 0 Å². The molecular weight excluding hydrogens is 452 g/mol. The standard InChI is InChI=1S/C26H23ClN4OS/c1-18-7-6-10-23(17-18)31-26(33-25(29-31)19(2)32)16-15-24(20-11-13-21(27)14-12-20)28-30(26)22-8-4-3-5-9-22/h3-14,17H,15-16H2,1-2H3/t26-/m1/s1. The number of hydrazone groups is 2. The number of carbonyl (C=O) groups is 1. The Labute approximate surface area is 202 Å². The average molecular weight is 475 g/mol. The van der Waals surface area contributed by atoms with Crippen molar-refractivity contribution in [3.05, 3.63) is 95.0 Å². The number of nitrogens with zero attached hydrogens (tertiary/aromatic N) is 4. The minimum absolute atomic E-state index is 0.0463. The van der Waals surface area contributed by atoms with Gasteiger partial charge in [-0.25, -0.2) is 10.0 Å². The van der Waals surface area contributed by atoms with Gasteiger partial charge in [0.25, 0.3) is 0 Å². The third-order valence-electron chi connectivity index (χ3n) is 5.75. The molecule has 7 heteroatoms. The van der Waals surface area contributed by atoms with Gasteiger partial charge in [0.1, 0.15) is 0 Å². The predicted molar refractivity (Wildman–Crippen MR) is 138 cm³/mol. The molecule has 0 fully saturated rings. The molecular formula is C26H23ClN4OS. The van der Waals surface area contributed by atoms with Crippen LogP contribution in [0.15, 0.2) is 89.1 Å². The lowest BCUT2D eigenvalue weighted by Crippen LogP contribution is -2.56. The Bertz CT molecular complexity index is 1260. The lowest BCUT2D eigenvalue weighted by molar-refractivity contribution is -0.110. The number of thioether (sulfide) groups is 1. The number of anilines is 2. The van der Waals surface area contributed by atoms with Crippen LogP contribution in [-0.4, -0.2) is 21.5 Å². The van der Waals surface area contributed by atoms with E-state index in [1.165, 1.54) is 11.8 Å². The van der Waals surface area contributed by atoms with E-state index in [1.807, 2.05) is 76.7 Å². The molecule has 1 spiro atoms. The molecule has 33 heavy (non-hydrogen) atoms. The lowest BCUT2D eigenvalue weighted by Gasteiger charge is -2.46. The molecule has 2 heterocycles. The van der Waals surface area contributed by atoms with Crippen LogP contribution in [0.5, 0.6) is 0 Å². The molecule has 0 amide bonds. The highest BCUT2D eigenvalue weighted by atomic mass is 35.5. The number of para-hydroxylation sites is 1. The molecule has 0 aromatic heterocycles. The molecule has 2 aliphatic rings. The number of hydrogen-bond acceptors (Lipinski definition) is 6. The van der Waals surface area contributed by atoms with Crippen LogP contribution in [0.25, 0.3) is 0 Å². The van der Waals surface area contributed by atoms with Crippen LogP contribution in [0.3, 0.4) is 0 Å². The Kier molecular flexibility index (Phi) is 5.72. The zero-order valence-electron chi connectivity index (χ0n) is 18.4. The first kappa shape index (κ1) is 21.7. The second-order valence-corrected chi connectivity index (χ2v) is 9.84. The molecule has 0 bridgehead atoms. The van der Waals surface area contributed by atoms with Crippen LogP contribution < -0.4 is 10.0 Å². The molecule has 2 aliphatic heterocycles. The largest absolute Gasteiger partial charge is 0.292 e. The lowest BCUT2D eigenvalue weighted by atomic mass is 10.0. The maximum atomic E-state index is 12.4. The van der Waals surface area contributed by atoms with E-state index in [0.717, 1.165) is 41.1 Å². The molecule has 166 valence electrons. The molecule has 3 aromatic carbocycles. The number of rotatable bonds is 4. The molecule has 0 radical (unpaired) electrons. The fraction of sp³-hybridized carbons (Fsp3) is 0.192. The molecule has 0 saturated heterocycles. The van der Waals surface area contributed by atoms with E-state index in [-0.39, 0.29) is 5.78 Å². The number of ketones is 1. The van der Waals surface area contributed by atoms with Crippen molar-refractivity contribution < 1.29 is 4.79 Å². The third kappa shape index (κ3) is 4.05. The smallest absolute Gasteiger partial charge is 0.208 e. The highest BCUT2D eigenvalue weighted by molar-refractivity contribution is 8.17. The molecule has 1 atom stereocenters. The highest BCUT2D eigenvalue weighted by Gasteiger charge is 2.52. The van der Waals surface area contributed by atoms with Crippen LogP contribution in [0.4, 0.5) is 11.4 Å². The van der Waals surface area contributed by atoms with E-state index >= 15 is 0 Å². The molecule has 0 unspecified atom stereocenters. The summed E-state index contributed by atoms with van der Waals surface area (Å²) in [4.78, 5) is 11.7. The summed E-state index contributed by atoms with van der Waals surface area (Å²) in [6, 6.07) is 26.0. The van der Waals surface area contributed by atoms with Gasteiger partial charge >= 0.3 is 0 Å². The maximum Gasteiger partial charge on any atom is 0.208 e. The SMILES string of the molecule is CC(=O)C1=NN(c2cccc(C)c2)[C@]2(CCC(c3ccc(Cl)cc3)=NN2c2ccccc2)S1. The average Bonchev–Trinajstić information content (AvgIpc) is 3.21. The number of aryl methyl sites for hydroxylation is 1. The van der Waals surface area contributed by atoms with Crippen molar-refractivity contribution in [1.29, 1.82) is 0 Å². The van der Waals surface area contributed by atoms with Crippen molar-refractivity contribution in [3.8, 4) is 0 Å². The van der Waals surface area contributed by atoms with Crippen LogP contribution >= 0.6 is 23.4 Å². The summed E-state index contributed by atoms with van der Waals surface area (Å²) in [5, 5.41) is 15.1. The van der Waals surface area contributed by atoms with Crippen LogP contribution in [0.2, 0.25) is 5.02 Å². The van der Waals surface area contributed by atoms with E-state index < -0.39 is 4.99 Å². The molecule has 5 rings (SSSR count). The highest BCUT2D eigenvalue weighted by Crippen LogP contribution is 2.50. The monoisotopic (exact) mass is 474 g/mol. The first-order valence-electron chi connectivity index (χ1n) is 10.8. The van der Waals surface area contributed by atoms with Crippen molar-refractivity contribution in [2.75, 3.05) is 10.0 Å². The summed E-state index contributed by atoms with van der Waals surface area (Å²) < 4.78 is 0. The summed E-state index contributed by atoms with van der Waals surface area (Å²) in [6.07, 6.45) is 1.46.